The van der Waals surface area contributed by atoms with Gasteiger partial charge in [0, 0.05) is 11.5 Å². The van der Waals surface area contributed by atoms with Crippen molar-refractivity contribution in [2.24, 2.45) is 0 Å². The molecule has 0 aliphatic carbocycles. The van der Waals surface area contributed by atoms with Gasteiger partial charge in [-0.2, -0.15) is 0 Å². The van der Waals surface area contributed by atoms with Gasteiger partial charge in [-0.25, -0.2) is 4.79 Å². The number of fused-ring (bicyclic) bond motifs is 1. The zero-order valence-corrected chi connectivity index (χ0v) is 15.3. The molecule has 3 N–H and O–H groups in total. The molecule has 0 unspecified atom stereocenters. The SMILES string of the molecule is Cc1c(CC(=O)NCC[NH+]2CCOCC2)c(=O)oc2cc(O)c(Cl)cc12. The number of ether oxygens (including phenoxy) is 1. The quantitative estimate of drug-likeness (QED) is 0.636. The van der Waals surface area contributed by atoms with E-state index >= 15 is 0 Å². The Hall–Kier alpha value is -2.09. The number of amides is 1. The van der Waals surface area contributed by atoms with Gasteiger partial charge in [0.25, 0.3) is 0 Å². The number of rotatable bonds is 5. The molecule has 0 radical (unpaired) electrons. The van der Waals surface area contributed by atoms with Crippen LogP contribution in [0.25, 0.3) is 11.0 Å². The maximum absolute atomic E-state index is 12.2. The first-order chi connectivity index (χ1) is 12.5. The molecule has 1 aromatic carbocycles. The average molecular weight is 382 g/mol. The number of hydrogen-bond donors (Lipinski definition) is 3. The van der Waals surface area contributed by atoms with Gasteiger partial charge in [-0.1, -0.05) is 11.6 Å². The summed E-state index contributed by atoms with van der Waals surface area (Å²) in [6.07, 6.45) is -0.0545. The van der Waals surface area contributed by atoms with Crippen LogP contribution >= 0.6 is 11.6 Å². The Morgan fingerprint density at radius 2 is 2.08 bits per heavy atom. The van der Waals surface area contributed by atoms with E-state index in [1.54, 1.807) is 6.92 Å². The van der Waals surface area contributed by atoms with Crippen LogP contribution in [0.1, 0.15) is 11.1 Å². The van der Waals surface area contributed by atoms with Crippen LogP contribution in [0, 0.1) is 6.92 Å². The van der Waals surface area contributed by atoms with Crippen LogP contribution < -0.4 is 15.8 Å². The molecule has 1 aromatic heterocycles. The van der Waals surface area contributed by atoms with Gasteiger partial charge in [0.1, 0.15) is 24.4 Å². The Labute approximate surface area is 155 Å². The molecule has 3 rings (SSSR count). The zero-order chi connectivity index (χ0) is 18.7. The zero-order valence-electron chi connectivity index (χ0n) is 14.6. The summed E-state index contributed by atoms with van der Waals surface area (Å²) in [5.41, 5.74) is 0.600. The van der Waals surface area contributed by atoms with Gasteiger partial charge in [0.05, 0.1) is 43.3 Å². The van der Waals surface area contributed by atoms with Crippen LogP contribution in [0.15, 0.2) is 21.3 Å². The largest absolute Gasteiger partial charge is 0.506 e. The molecule has 2 aromatic rings. The number of aromatic hydroxyl groups is 1. The number of nitrogens with one attached hydrogen (secondary N) is 2. The summed E-state index contributed by atoms with van der Waals surface area (Å²) in [6, 6.07) is 2.84. The minimum Gasteiger partial charge on any atom is -0.506 e. The first kappa shape index (κ1) is 18.7. The highest BCUT2D eigenvalue weighted by molar-refractivity contribution is 6.32. The molecule has 0 spiro atoms. The number of benzene rings is 1. The normalized spacial score (nSPS) is 15.3. The highest BCUT2D eigenvalue weighted by Crippen LogP contribution is 2.30. The van der Waals surface area contributed by atoms with Crippen molar-refractivity contribution in [1.82, 2.24) is 5.32 Å². The van der Waals surface area contributed by atoms with Crippen LogP contribution in [0.4, 0.5) is 0 Å². The van der Waals surface area contributed by atoms with Gasteiger partial charge in [-0.3, -0.25) is 4.79 Å². The van der Waals surface area contributed by atoms with Crippen molar-refractivity contribution >= 4 is 28.5 Å². The summed E-state index contributed by atoms with van der Waals surface area (Å²) >= 11 is 5.94. The summed E-state index contributed by atoms with van der Waals surface area (Å²) in [7, 11) is 0. The van der Waals surface area contributed by atoms with E-state index in [0.717, 1.165) is 32.8 Å². The second kappa shape index (κ2) is 8.07. The van der Waals surface area contributed by atoms with Gasteiger partial charge in [0.2, 0.25) is 5.91 Å². The molecular formula is C18H22ClN2O5+. The van der Waals surface area contributed by atoms with Gasteiger partial charge in [-0.05, 0) is 18.6 Å². The Morgan fingerprint density at radius 3 is 2.81 bits per heavy atom. The van der Waals surface area contributed by atoms with E-state index in [1.807, 2.05) is 0 Å². The Bertz CT molecular complexity index is 874. The van der Waals surface area contributed by atoms with Crippen molar-refractivity contribution < 1.29 is 24.0 Å². The third kappa shape index (κ3) is 4.17. The number of carbonyl (C=O) groups is 1. The van der Waals surface area contributed by atoms with Gasteiger partial charge < -0.3 is 24.5 Å². The molecule has 0 saturated carbocycles. The van der Waals surface area contributed by atoms with Crippen LogP contribution in [0.3, 0.4) is 0 Å². The topological polar surface area (TPSA) is 93.2 Å². The molecule has 26 heavy (non-hydrogen) atoms. The lowest BCUT2D eigenvalue weighted by molar-refractivity contribution is -0.906. The van der Waals surface area contributed by atoms with Gasteiger partial charge in [-0.15, -0.1) is 0 Å². The molecule has 140 valence electrons. The monoisotopic (exact) mass is 381 g/mol. The fraction of sp³-hybridized carbons (Fsp3) is 0.444. The first-order valence-corrected chi connectivity index (χ1v) is 8.96. The Morgan fingerprint density at radius 1 is 1.35 bits per heavy atom. The van der Waals surface area contributed by atoms with Gasteiger partial charge in [0.15, 0.2) is 0 Å². The van der Waals surface area contributed by atoms with Crippen LogP contribution in [-0.2, 0) is 16.0 Å². The van der Waals surface area contributed by atoms with E-state index in [2.05, 4.69) is 5.32 Å². The van der Waals surface area contributed by atoms with E-state index < -0.39 is 5.63 Å². The van der Waals surface area contributed by atoms with Crippen molar-refractivity contribution in [3.63, 3.8) is 0 Å². The third-order valence-corrected chi connectivity index (χ3v) is 5.00. The van der Waals surface area contributed by atoms with Gasteiger partial charge >= 0.3 is 5.63 Å². The van der Waals surface area contributed by atoms with Crippen molar-refractivity contribution in [3.8, 4) is 5.75 Å². The van der Waals surface area contributed by atoms with Crippen LogP contribution in [0.5, 0.6) is 5.75 Å². The summed E-state index contributed by atoms with van der Waals surface area (Å²) in [5, 5.41) is 13.3. The molecule has 1 aliphatic heterocycles. The molecule has 0 atom stereocenters. The van der Waals surface area contributed by atoms with Crippen LogP contribution in [-0.4, -0.2) is 50.4 Å². The molecule has 2 heterocycles. The minimum atomic E-state index is -0.578. The molecule has 1 fully saturated rings. The maximum Gasteiger partial charge on any atom is 0.340 e. The summed E-state index contributed by atoms with van der Waals surface area (Å²) in [5.74, 6) is -0.380. The molecule has 1 saturated heterocycles. The third-order valence-electron chi connectivity index (χ3n) is 4.69. The number of hydrogen-bond acceptors (Lipinski definition) is 5. The number of phenolic OH excluding ortho intramolecular Hbond substituents is 1. The minimum absolute atomic E-state index is 0.0545. The van der Waals surface area contributed by atoms with Crippen molar-refractivity contribution in [3.05, 3.63) is 38.7 Å². The Kier molecular flexibility index (Phi) is 5.80. The van der Waals surface area contributed by atoms with E-state index in [1.165, 1.54) is 17.0 Å². The molecular weight excluding hydrogens is 360 g/mol. The predicted octanol–water partition coefficient (Wildman–Crippen LogP) is 0.0342. The molecule has 0 bridgehead atoms. The molecule has 8 heteroatoms. The lowest BCUT2D eigenvalue weighted by atomic mass is 10.0. The predicted molar refractivity (Wildman–Crippen MR) is 97.0 cm³/mol. The highest BCUT2D eigenvalue weighted by atomic mass is 35.5. The summed E-state index contributed by atoms with van der Waals surface area (Å²) in [4.78, 5) is 25.8. The number of phenols is 1. The second-order valence-electron chi connectivity index (χ2n) is 6.43. The smallest absolute Gasteiger partial charge is 0.340 e. The Balaban J connectivity index is 1.68. The lowest BCUT2D eigenvalue weighted by Gasteiger charge is -2.23. The van der Waals surface area contributed by atoms with Crippen molar-refractivity contribution in [2.45, 2.75) is 13.3 Å². The number of aryl methyl sites for hydroxylation is 1. The summed E-state index contributed by atoms with van der Waals surface area (Å²) < 4.78 is 10.5. The standard InChI is InChI=1S/C18H21ClN2O5/c1-11-12-8-14(19)15(22)10-16(12)26-18(24)13(11)9-17(23)20-2-3-21-4-6-25-7-5-21/h8,10,22H,2-7,9H2,1H3,(H,20,23)/p+1. The second-order valence-corrected chi connectivity index (χ2v) is 6.84. The van der Waals surface area contributed by atoms with Crippen molar-refractivity contribution in [1.29, 1.82) is 0 Å². The fourth-order valence-corrected chi connectivity index (χ4v) is 3.28. The van der Waals surface area contributed by atoms with Crippen LogP contribution in [0.2, 0.25) is 5.02 Å². The lowest BCUT2D eigenvalue weighted by Crippen LogP contribution is -3.14. The van der Waals surface area contributed by atoms with E-state index in [4.69, 9.17) is 20.8 Å². The molecule has 1 aliphatic rings. The van der Waals surface area contributed by atoms with E-state index in [-0.39, 0.29) is 28.7 Å². The number of quaternary nitrogens is 1. The maximum atomic E-state index is 12.2. The van der Waals surface area contributed by atoms with E-state index in [0.29, 0.717) is 23.1 Å². The highest BCUT2D eigenvalue weighted by Gasteiger charge is 2.17. The summed E-state index contributed by atoms with van der Waals surface area (Å²) in [6.45, 7) is 6.50. The fourth-order valence-electron chi connectivity index (χ4n) is 3.11. The van der Waals surface area contributed by atoms with E-state index in [9.17, 15) is 14.7 Å². The number of morpholine rings is 1. The van der Waals surface area contributed by atoms with Crippen molar-refractivity contribution in [2.75, 3.05) is 39.4 Å². The number of carbonyl (C=O) groups excluding carboxylic acids is 1. The average Bonchev–Trinajstić information content (AvgIpc) is 2.62. The first-order valence-electron chi connectivity index (χ1n) is 8.58. The molecule has 1 amide bonds. The molecule has 7 nitrogen and oxygen atoms in total. The number of halogens is 1.